The average Bonchev–Trinajstić information content (AvgIpc) is 2.61. The Hall–Kier alpha value is -3.16. The summed E-state index contributed by atoms with van der Waals surface area (Å²) in [6.45, 7) is 1.72. The van der Waals surface area contributed by atoms with Crippen molar-refractivity contribution in [3.05, 3.63) is 75.8 Å². The van der Waals surface area contributed by atoms with Crippen molar-refractivity contribution < 1.29 is 18.0 Å². The number of amides is 1. The molecule has 8 heteroatoms. The second kappa shape index (κ2) is 7.22. The van der Waals surface area contributed by atoms with Crippen LogP contribution in [0.3, 0.4) is 0 Å². The van der Waals surface area contributed by atoms with Crippen LogP contribution in [0.25, 0.3) is 10.9 Å². The quantitative estimate of drug-likeness (QED) is 0.735. The highest BCUT2D eigenvalue weighted by Crippen LogP contribution is 2.29. The smallest absolute Gasteiger partial charge is 0.347 e. The standard InChI is InChI=1S/C19H16F3N3O2/c1-11(10-12-6-8-13(9-7-12)19(20,21)22)23-18(27)16-24-15-5-3-2-4-14(15)17(26)25-16/h2-9,11H,10H2,1H3,(H,23,27)(H,24,25,26)/t11-/m1/s1. The first-order valence-corrected chi connectivity index (χ1v) is 8.20. The van der Waals surface area contributed by atoms with E-state index in [1.165, 1.54) is 12.1 Å². The monoisotopic (exact) mass is 375 g/mol. The summed E-state index contributed by atoms with van der Waals surface area (Å²) in [4.78, 5) is 30.9. The third-order valence-electron chi connectivity index (χ3n) is 4.03. The summed E-state index contributed by atoms with van der Waals surface area (Å²) in [6, 6.07) is 11.0. The summed E-state index contributed by atoms with van der Waals surface area (Å²) < 4.78 is 37.8. The van der Waals surface area contributed by atoms with Gasteiger partial charge >= 0.3 is 6.18 Å². The number of aromatic nitrogens is 2. The van der Waals surface area contributed by atoms with Crippen LogP contribution in [-0.4, -0.2) is 21.9 Å². The number of fused-ring (bicyclic) bond motifs is 1. The number of nitrogens with zero attached hydrogens (tertiary/aromatic N) is 1. The van der Waals surface area contributed by atoms with Crippen LogP contribution in [0.15, 0.2) is 53.3 Å². The minimum atomic E-state index is -4.38. The molecule has 1 atom stereocenters. The molecule has 3 aromatic rings. The highest BCUT2D eigenvalue weighted by atomic mass is 19.4. The Kier molecular flexibility index (Phi) is 4.98. The number of halogens is 3. The van der Waals surface area contributed by atoms with Crippen LogP contribution in [0.2, 0.25) is 0 Å². The van der Waals surface area contributed by atoms with Crippen LogP contribution in [0.4, 0.5) is 13.2 Å². The third-order valence-corrected chi connectivity index (χ3v) is 4.03. The number of rotatable bonds is 4. The number of alkyl halides is 3. The van der Waals surface area contributed by atoms with Gasteiger partial charge in [-0.05, 0) is 43.2 Å². The molecule has 1 aromatic heterocycles. The lowest BCUT2D eigenvalue weighted by molar-refractivity contribution is -0.137. The summed E-state index contributed by atoms with van der Waals surface area (Å²) in [6.07, 6.45) is -4.05. The van der Waals surface area contributed by atoms with E-state index < -0.39 is 23.2 Å². The summed E-state index contributed by atoms with van der Waals surface area (Å²) >= 11 is 0. The van der Waals surface area contributed by atoms with Crippen LogP contribution in [0, 0.1) is 0 Å². The Morgan fingerprint density at radius 2 is 1.81 bits per heavy atom. The van der Waals surface area contributed by atoms with Gasteiger partial charge in [0.1, 0.15) is 0 Å². The normalized spacial score (nSPS) is 12.7. The second-order valence-electron chi connectivity index (χ2n) is 6.20. The molecule has 0 aliphatic carbocycles. The van der Waals surface area contributed by atoms with Crippen molar-refractivity contribution in [3.63, 3.8) is 0 Å². The van der Waals surface area contributed by atoms with Crippen molar-refractivity contribution in [2.24, 2.45) is 0 Å². The molecular weight excluding hydrogens is 359 g/mol. The maximum Gasteiger partial charge on any atom is 0.416 e. The molecule has 0 spiro atoms. The Morgan fingerprint density at radius 3 is 2.48 bits per heavy atom. The SMILES string of the molecule is C[C@H](Cc1ccc(C(F)(F)F)cc1)NC(=O)c1nc2ccccc2c(=O)[nH]1. The fourth-order valence-electron chi connectivity index (χ4n) is 2.72. The molecule has 140 valence electrons. The number of benzene rings is 2. The van der Waals surface area contributed by atoms with E-state index in [2.05, 4.69) is 15.3 Å². The van der Waals surface area contributed by atoms with Gasteiger partial charge in [0.2, 0.25) is 0 Å². The number of carbonyl (C=O) groups is 1. The fourth-order valence-corrected chi connectivity index (χ4v) is 2.72. The first kappa shape index (κ1) is 18.6. The summed E-state index contributed by atoms with van der Waals surface area (Å²) in [5.74, 6) is -0.671. The minimum Gasteiger partial charge on any atom is -0.347 e. The van der Waals surface area contributed by atoms with Gasteiger partial charge in [-0.15, -0.1) is 0 Å². The van der Waals surface area contributed by atoms with E-state index in [0.29, 0.717) is 22.9 Å². The molecule has 0 radical (unpaired) electrons. The van der Waals surface area contributed by atoms with Crippen molar-refractivity contribution in [1.29, 1.82) is 0 Å². The maximum absolute atomic E-state index is 12.6. The number of aromatic amines is 1. The average molecular weight is 375 g/mol. The van der Waals surface area contributed by atoms with Gasteiger partial charge in [-0.1, -0.05) is 24.3 Å². The van der Waals surface area contributed by atoms with Gasteiger partial charge in [0, 0.05) is 6.04 Å². The van der Waals surface area contributed by atoms with Gasteiger partial charge in [0.05, 0.1) is 16.5 Å². The van der Waals surface area contributed by atoms with Crippen molar-refractivity contribution in [3.8, 4) is 0 Å². The van der Waals surface area contributed by atoms with E-state index in [9.17, 15) is 22.8 Å². The molecule has 0 saturated carbocycles. The van der Waals surface area contributed by atoms with Gasteiger partial charge in [-0.3, -0.25) is 9.59 Å². The molecule has 0 bridgehead atoms. The minimum absolute atomic E-state index is 0.113. The lowest BCUT2D eigenvalue weighted by atomic mass is 10.0. The van der Waals surface area contributed by atoms with E-state index in [4.69, 9.17) is 0 Å². The predicted molar refractivity (Wildman–Crippen MR) is 94.4 cm³/mol. The van der Waals surface area contributed by atoms with Gasteiger partial charge in [0.25, 0.3) is 11.5 Å². The molecule has 0 saturated heterocycles. The molecule has 2 aromatic carbocycles. The van der Waals surface area contributed by atoms with Crippen LogP contribution >= 0.6 is 0 Å². The topological polar surface area (TPSA) is 74.8 Å². The lowest BCUT2D eigenvalue weighted by Gasteiger charge is -2.14. The van der Waals surface area contributed by atoms with E-state index in [0.717, 1.165) is 12.1 Å². The van der Waals surface area contributed by atoms with Crippen LogP contribution in [0.1, 0.15) is 28.7 Å². The van der Waals surface area contributed by atoms with Gasteiger partial charge in [-0.25, -0.2) is 4.98 Å². The Labute approximate surface area is 152 Å². The third kappa shape index (κ3) is 4.33. The molecule has 2 N–H and O–H groups in total. The van der Waals surface area contributed by atoms with Crippen LogP contribution in [-0.2, 0) is 12.6 Å². The number of hydrogen-bond donors (Lipinski definition) is 2. The van der Waals surface area contributed by atoms with E-state index in [1.54, 1.807) is 31.2 Å². The first-order chi connectivity index (χ1) is 12.7. The number of para-hydroxylation sites is 1. The molecule has 5 nitrogen and oxygen atoms in total. The van der Waals surface area contributed by atoms with Gasteiger partial charge in [0.15, 0.2) is 5.82 Å². The summed E-state index contributed by atoms with van der Waals surface area (Å²) in [7, 11) is 0. The molecule has 3 rings (SSSR count). The maximum atomic E-state index is 12.6. The molecule has 0 aliphatic rings. The number of carbonyl (C=O) groups excluding carboxylic acids is 1. The van der Waals surface area contributed by atoms with Crippen LogP contribution < -0.4 is 10.9 Å². The molecule has 1 amide bonds. The fraction of sp³-hybridized carbons (Fsp3) is 0.211. The van der Waals surface area contributed by atoms with Crippen molar-refractivity contribution >= 4 is 16.8 Å². The number of H-pyrrole nitrogens is 1. The molecule has 0 unspecified atom stereocenters. The highest BCUT2D eigenvalue weighted by Gasteiger charge is 2.30. The first-order valence-electron chi connectivity index (χ1n) is 8.20. The molecule has 0 fully saturated rings. The Balaban J connectivity index is 1.70. The largest absolute Gasteiger partial charge is 0.416 e. The molecule has 27 heavy (non-hydrogen) atoms. The highest BCUT2D eigenvalue weighted by molar-refractivity contribution is 5.92. The summed E-state index contributed by atoms with van der Waals surface area (Å²) in [5, 5.41) is 3.07. The second-order valence-corrected chi connectivity index (χ2v) is 6.20. The van der Waals surface area contributed by atoms with Gasteiger partial charge < -0.3 is 10.3 Å². The Bertz CT molecular complexity index is 1030. The zero-order valence-electron chi connectivity index (χ0n) is 14.3. The zero-order chi connectivity index (χ0) is 19.6. The van der Waals surface area contributed by atoms with Gasteiger partial charge in [-0.2, -0.15) is 13.2 Å². The molecular formula is C19H16F3N3O2. The van der Waals surface area contributed by atoms with E-state index in [1.807, 2.05) is 0 Å². The zero-order valence-corrected chi connectivity index (χ0v) is 14.3. The van der Waals surface area contributed by atoms with Crippen molar-refractivity contribution in [2.75, 3.05) is 0 Å². The van der Waals surface area contributed by atoms with Crippen molar-refractivity contribution in [1.82, 2.24) is 15.3 Å². The van der Waals surface area contributed by atoms with E-state index >= 15 is 0 Å². The molecule has 1 heterocycles. The van der Waals surface area contributed by atoms with E-state index in [-0.39, 0.29) is 11.9 Å². The predicted octanol–water partition coefficient (Wildman–Crippen LogP) is 3.30. The lowest BCUT2D eigenvalue weighted by Crippen LogP contribution is -2.36. The van der Waals surface area contributed by atoms with Crippen molar-refractivity contribution in [2.45, 2.75) is 25.6 Å². The number of nitrogens with one attached hydrogen (secondary N) is 2. The number of hydrogen-bond acceptors (Lipinski definition) is 3. The van der Waals surface area contributed by atoms with Crippen LogP contribution in [0.5, 0.6) is 0 Å². The molecule has 0 aliphatic heterocycles. The Morgan fingerprint density at radius 1 is 1.15 bits per heavy atom. The summed E-state index contributed by atoms with van der Waals surface area (Å²) in [5.41, 5.74) is -0.0837.